The van der Waals surface area contributed by atoms with Gasteiger partial charge in [-0.25, -0.2) is 0 Å². The molecule has 0 heterocycles. The van der Waals surface area contributed by atoms with Crippen LogP contribution in [0.2, 0.25) is 0 Å². The second kappa shape index (κ2) is 7.90. The average molecular weight is 315 g/mol. The molecule has 0 aliphatic heterocycles. The first-order valence-corrected chi connectivity index (χ1v) is 8.69. The first kappa shape index (κ1) is 16.4. The number of hydrogen-bond acceptors (Lipinski definition) is 2. The zero-order chi connectivity index (χ0) is 15.9. The molecule has 116 valence electrons. The van der Waals surface area contributed by atoms with Crippen LogP contribution in [-0.4, -0.2) is 15.4 Å². The average Bonchev–Trinajstić information content (AvgIpc) is 2.53. The number of rotatable bonds is 6. The maximum Gasteiger partial charge on any atom is 0.235 e. The van der Waals surface area contributed by atoms with Crippen LogP contribution >= 0.6 is 0 Å². The first-order chi connectivity index (χ1) is 10.6. The van der Waals surface area contributed by atoms with Crippen molar-refractivity contribution in [1.82, 2.24) is 5.32 Å². The molecule has 0 spiro atoms. The third kappa shape index (κ3) is 4.81. The molecular weight excluding hydrogens is 294 g/mol. The number of carbonyl (C=O) groups excluding carboxylic acids is 1. The molecule has 3 nitrogen and oxygen atoms in total. The highest BCUT2D eigenvalue weighted by molar-refractivity contribution is 7.85. The van der Waals surface area contributed by atoms with Gasteiger partial charge in [0, 0.05) is 23.1 Å². The molecule has 2 rings (SSSR count). The minimum absolute atomic E-state index is 0.171. The molecule has 0 saturated heterocycles. The van der Waals surface area contributed by atoms with Gasteiger partial charge in [0.25, 0.3) is 0 Å². The Balaban J connectivity index is 1.88. The predicted molar refractivity (Wildman–Crippen MR) is 90.8 cm³/mol. The van der Waals surface area contributed by atoms with Gasteiger partial charge in [0.15, 0.2) is 0 Å². The maximum atomic E-state index is 12.3. The molecular formula is C18H21NO2S. The van der Waals surface area contributed by atoms with Gasteiger partial charge >= 0.3 is 0 Å². The van der Waals surface area contributed by atoms with Crippen LogP contribution in [0.25, 0.3) is 0 Å². The van der Waals surface area contributed by atoms with Crippen LogP contribution in [-0.2, 0) is 27.9 Å². The van der Waals surface area contributed by atoms with Gasteiger partial charge in [-0.2, -0.15) is 0 Å². The SMILES string of the molecule is Cc1cccc(C[S@@](=O)[C@@H](C)C(=O)NCc2ccccc2)c1. The summed E-state index contributed by atoms with van der Waals surface area (Å²) < 4.78 is 12.3. The molecule has 0 radical (unpaired) electrons. The summed E-state index contributed by atoms with van der Waals surface area (Å²) in [7, 11) is -1.22. The molecule has 4 heteroatoms. The highest BCUT2D eigenvalue weighted by atomic mass is 32.2. The smallest absolute Gasteiger partial charge is 0.235 e. The lowest BCUT2D eigenvalue weighted by Gasteiger charge is -2.12. The molecule has 0 aromatic heterocycles. The number of amides is 1. The molecule has 2 atom stereocenters. The Morgan fingerprint density at radius 3 is 2.45 bits per heavy atom. The summed E-state index contributed by atoms with van der Waals surface area (Å²) in [6.45, 7) is 4.18. The number of benzene rings is 2. The van der Waals surface area contributed by atoms with E-state index in [1.807, 2.05) is 61.5 Å². The molecule has 1 N–H and O–H groups in total. The monoisotopic (exact) mass is 315 g/mol. The number of carbonyl (C=O) groups is 1. The molecule has 0 bridgehead atoms. The zero-order valence-electron chi connectivity index (χ0n) is 12.9. The molecule has 22 heavy (non-hydrogen) atoms. The largest absolute Gasteiger partial charge is 0.351 e. The zero-order valence-corrected chi connectivity index (χ0v) is 13.7. The molecule has 0 saturated carbocycles. The van der Waals surface area contributed by atoms with Gasteiger partial charge in [0.1, 0.15) is 5.25 Å². The predicted octanol–water partition coefficient (Wildman–Crippen LogP) is 2.95. The fraction of sp³-hybridized carbons (Fsp3) is 0.278. The first-order valence-electron chi connectivity index (χ1n) is 7.30. The molecule has 2 aromatic rings. The Labute approximate surface area is 134 Å². The van der Waals surface area contributed by atoms with Crippen molar-refractivity contribution in [3.63, 3.8) is 0 Å². The van der Waals surface area contributed by atoms with Crippen molar-refractivity contribution in [2.45, 2.75) is 31.4 Å². The Hall–Kier alpha value is -1.94. The summed E-state index contributed by atoms with van der Waals surface area (Å²) in [4.78, 5) is 12.1. The Morgan fingerprint density at radius 2 is 1.77 bits per heavy atom. The molecule has 1 amide bonds. The fourth-order valence-corrected chi connectivity index (χ4v) is 3.22. The summed E-state index contributed by atoms with van der Waals surface area (Å²) >= 11 is 0. The van der Waals surface area contributed by atoms with Gasteiger partial charge in [-0.05, 0) is 25.0 Å². The fourth-order valence-electron chi connectivity index (χ4n) is 2.14. The van der Waals surface area contributed by atoms with E-state index in [1.165, 1.54) is 0 Å². The molecule has 2 aromatic carbocycles. The quantitative estimate of drug-likeness (QED) is 0.891. The van der Waals surface area contributed by atoms with E-state index in [4.69, 9.17) is 0 Å². The van der Waals surface area contributed by atoms with Crippen molar-refractivity contribution < 1.29 is 9.00 Å². The highest BCUT2D eigenvalue weighted by Gasteiger charge is 2.19. The third-order valence-electron chi connectivity index (χ3n) is 3.46. The van der Waals surface area contributed by atoms with Crippen LogP contribution in [0.5, 0.6) is 0 Å². The van der Waals surface area contributed by atoms with Gasteiger partial charge in [0.05, 0.1) is 0 Å². The van der Waals surface area contributed by atoms with Gasteiger partial charge in [0.2, 0.25) is 5.91 Å². The number of aryl methyl sites for hydroxylation is 1. The van der Waals surface area contributed by atoms with E-state index >= 15 is 0 Å². The third-order valence-corrected chi connectivity index (χ3v) is 5.09. The molecule has 0 fully saturated rings. The van der Waals surface area contributed by atoms with E-state index in [9.17, 15) is 9.00 Å². The minimum Gasteiger partial charge on any atom is -0.351 e. The van der Waals surface area contributed by atoms with Crippen LogP contribution in [0, 0.1) is 6.92 Å². The Kier molecular flexibility index (Phi) is 5.90. The standard InChI is InChI=1S/C18H21NO2S/c1-14-7-6-10-17(11-14)13-22(21)15(2)18(20)19-12-16-8-4-3-5-9-16/h3-11,15H,12-13H2,1-2H3,(H,19,20)/t15-,22+/m0/s1. The van der Waals surface area contributed by atoms with E-state index in [0.29, 0.717) is 12.3 Å². The van der Waals surface area contributed by atoms with Crippen molar-refractivity contribution >= 4 is 16.7 Å². The maximum absolute atomic E-state index is 12.3. The van der Waals surface area contributed by atoms with Gasteiger partial charge in [-0.15, -0.1) is 0 Å². The van der Waals surface area contributed by atoms with E-state index in [2.05, 4.69) is 5.32 Å². The van der Waals surface area contributed by atoms with Crippen molar-refractivity contribution in [2.24, 2.45) is 0 Å². The van der Waals surface area contributed by atoms with Gasteiger partial charge in [-0.3, -0.25) is 9.00 Å². The van der Waals surface area contributed by atoms with Crippen molar-refractivity contribution in [3.05, 3.63) is 71.3 Å². The van der Waals surface area contributed by atoms with E-state index in [-0.39, 0.29) is 5.91 Å². The van der Waals surface area contributed by atoms with Crippen LogP contribution in [0.3, 0.4) is 0 Å². The molecule has 0 aliphatic carbocycles. The Morgan fingerprint density at radius 1 is 1.09 bits per heavy atom. The van der Waals surface area contributed by atoms with Crippen LogP contribution in [0.15, 0.2) is 54.6 Å². The topological polar surface area (TPSA) is 46.2 Å². The Bertz CT molecular complexity index is 655. The van der Waals surface area contributed by atoms with Gasteiger partial charge < -0.3 is 5.32 Å². The van der Waals surface area contributed by atoms with Crippen LogP contribution < -0.4 is 5.32 Å². The summed E-state index contributed by atoms with van der Waals surface area (Å²) in [6, 6.07) is 17.6. The molecule has 0 aliphatic rings. The normalized spacial score (nSPS) is 13.4. The highest BCUT2D eigenvalue weighted by Crippen LogP contribution is 2.10. The summed E-state index contributed by atoms with van der Waals surface area (Å²) in [5.74, 6) is 0.233. The lowest BCUT2D eigenvalue weighted by molar-refractivity contribution is -0.120. The second-order valence-electron chi connectivity index (χ2n) is 5.36. The van der Waals surface area contributed by atoms with Crippen molar-refractivity contribution in [3.8, 4) is 0 Å². The lowest BCUT2D eigenvalue weighted by Crippen LogP contribution is -2.35. The van der Waals surface area contributed by atoms with Crippen LogP contribution in [0.4, 0.5) is 0 Å². The summed E-state index contributed by atoms with van der Waals surface area (Å²) in [5, 5.41) is 2.32. The van der Waals surface area contributed by atoms with Gasteiger partial charge in [-0.1, -0.05) is 60.2 Å². The number of nitrogens with one attached hydrogen (secondary N) is 1. The van der Waals surface area contributed by atoms with E-state index < -0.39 is 16.0 Å². The lowest BCUT2D eigenvalue weighted by atomic mass is 10.2. The summed E-state index contributed by atoms with van der Waals surface area (Å²) in [6.07, 6.45) is 0. The number of hydrogen-bond donors (Lipinski definition) is 1. The minimum atomic E-state index is -1.22. The van der Waals surface area contributed by atoms with Crippen molar-refractivity contribution in [1.29, 1.82) is 0 Å². The van der Waals surface area contributed by atoms with E-state index in [1.54, 1.807) is 6.92 Å². The summed E-state index contributed by atoms with van der Waals surface area (Å²) in [5.41, 5.74) is 3.17. The van der Waals surface area contributed by atoms with Crippen molar-refractivity contribution in [2.75, 3.05) is 0 Å². The van der Waals surface area contributed by atoms with Crippen LogP contribution in [0.1, 0.15) is 23.6 Å². The van der Waals surface area contributed by atoms with E-state index in [0.717, 1.165) is 16.7 Å². The molecule has 0 unspecified atom stereocenters. The second-order valence-corrected chi connectivity index (χ2v) is 7.12.